The van der Waals surface area contributed by atoms with Gasteiger partial charge in [-0.25, -0.2) is 0 Å². The molecule has 2 rings (SSSR count). The first-order valence-corrected chi connectivity index (χ1v) is 20.0. The van der Waals surface area contributed by atoms with Gasteiger partial charge in [-0.2, -0.15) is 0 Å². The maximum absolute atomic E-state index is 13.6. The van der Waals surface area contributed by atoms with Gasteiger partial charge in [0.25, 0.3) is 0 Å². The Morgan fingerprint density at radius 1 is 0.930 bits per heavy atom. The first-order chi connectivity index (χ1) is 20.4. The number of hydrogen-bond acceptors (Lipinski definition) is 8. The molecule has 0 radical (unpaired) electrons. The topological polar surface area (TPSA) is 237 Å². The first kappa shape index (κ1) is 36.6. The molecule has 2 aliphatic rings. The quantitative estimate of drug-likeness (QED) is 0.0680. The van der Waals surface area contributed by atoms with Crippen LogP contribution in [-0.4, -0.2) is 103 Å². The van der Waals surface area contributed by atoms with Crippen LogP contribution in [0.25, 0.3) is 0 Å². The summed E-state index contributed by atoms with van der Waals surface area (Å²) in [5.74, 6) is -3.08. The fraction of sp³-hybridized carbons (Fsp3) is 0.750. The van der Waals surface area contributed by atoms with Gasteiger partial charge in [-0.15, -0.1) is 0 Å². The van der Waals surface area contributed by atoms with Crippen molar-refractivity contribution in [2.24, 2.45) is 17.6 Å². The van der Waals surface area contributed by atoms with E-state index in [4.69, 9.17) is 10.8 Å². The SMILES string of the molecule is CC(=O)NCCCC[C@@H]1N[C](C2CCC(CN)CC2)=[Sn]([CH2]CCC[C@H](NC(=O)N[C@@H](CCC(=O)O)C(=O)O)C(=O)O)[C]1=O. The zero-order valence-electron chi connectivity index (χ0n) is 24.9. The van der Waals surface area contributed by atoms with E-state index < -0.39 is 61.7 Å². The van der Waals surface area contributed by atoms with E-state index in [2.05, 4.69) is 21.3 Å². The molecule has 1 aliphatic heterocycles. The number of unbranched alkanes of at least 4 members (excludes halogenated alkanes) is 2. The average Bonchev–Trinajstić information content (AvgIpc) is 3.26. The monoisotopic (exact) mass is 717 g/mol. The van der Waals surface area contributed by atoms with Crippen LogP contribution in [0.4, 0.5) is 4.79 Å². The summed E-state index contributed by atoms with van der Waals surface area (Å²) in [5.41, 5.74) is 5.88. The van der Waals surface area contributed by atoms with Gasteiger partial charge in [-0.3, -0.25) is 4.79 Å². The number of urea groups is 1. The van der Waals surface area contributed by atoms with Crippen LogP contribution in [-0.2, 0) is 24.0 Å². The fourth-order valence-electron chi connectivity index (χ4n) is 5.72. The predicted octanol–water partition coefficient (Wildman–Crippen LogP) is 0.585. The van der Waals surface area contributed by atoms with Crippen molar-refractivity contribution in [1.82, 2.24) is 21.3 Å². The van der Waals surface area contributed by atoms with Gasteiger partial charge in [0.15, 0.2) is 0 Å². The summed E-state index contributed by atoms with van der Waals surface area (Å²) >= 11 is -2.70. The van der Waals surface area contributed by atoms with Gasteiger partial charge in [-0.05, 0) is 0 Å². The molecule has 1 heterocycles. The molecule has 1 fully saturated rings. The van der Waals surface area contributed by atoms with Crippen molar-refractivity contribution in [3.05, 3.63) is 0 Å². The van der Waals surface area contributed by atoms with Gasteiger partial charge in [-0.1, -0.05) is 0 Å². The first-order valence-electron chi connectivity index (χ1n) is 15.2. The standard InChI is InChI=1S/C16H28N3O2.C12H19N2O7.Sn/c1-13(21)18-9-3-2-4-16(12-20)19-11-15-7-5-14(10-17)6-8-15;1-2-3-4-7(10(17)18)13-12(21)14-8(11(19)20)5-6-9(15)16;/h14-16,19H,2-10,17H2,1H3,(H,18,21);7-8H,1-6H2,(H,15,16)(H,17,18)(H,19,20)(H2,13,14,21);/t14?,15?,16-;7-,8-;/m00./s1. The van der Waals surface area contributed by atoms with Gasteiger partial charge >= 0.3 is 249 Å². The van der Waals surface area contributed by atoms with Gasteiger partial charge in [0.05, 0.1) is 0 Å². The Morgan fingerprint density at radius 2 is 1.56 bits per heavy atom. The molecular weight excluding hydrogens is 669 g/mol. The molecule has 0 unspecified atom stereocenters. The summed E-state index contributed by atoms with van der Waals surface area (Å²) in [6.07, 6.45) is 6.86. The Kier molecular flexibility index (Phi) is 16.1. The van der Waals surface area contributed by atoms with Crippen molar-refractivity contribution in [2.45, 2.75) is 107 Å². The molecule has 242 valence electrons. The molecule has 9 N–H and O–H groups in total. The van der Waals surface area contributed by atoms with E-state index in [9.17, 15) is 39.0 Å². The molecule has 0 aromatic rings. The normalized spacial score (nSPS) is 21.6. The van der Waals surface area contributed by atoms with E-state index >= 15 is 0 Å². The Morgan fingerprint density at radius 3 is 2.12 bits per heavy atom. The van der Waals surface area contributed by atoms with Crippen LogP contribution in [0, 0.1) is 11.8 Å². The van der Waals surface area contributed by atoms with Crippen molar-refractivity contribution < 1.29 is 44.1 Å². The molecule has 0 aromatic heterocycles. The van der Waals surface area contributed by atoms with Crippen molar-refractivity contribution >= 4 is 56.6 Å². The number of hydrogen-bond donors (Lipinski definition) is 8. The minimum atomic E-state index is -2.70. The van der Waals surface area contributed by atoms with Crippen molar-refractivity contribution in [3.63, 3.8) is 0 Å². The minimum absolute atomic E-state index is 0.0736. The van der Waals surface area contributed by atoms with Gasteiger partial charge in [0, 0.05) is 0 Å². The molecule has 1 aliphatic carbocycles. The second kappa shape index (κ2) is 18.9. The third-order valence-electron chi connectivity index (χ3n) is 8.17. The zero-order valence-corrected chi connectivity index (χ0v) is 27.7. The molecule has 0 bridgehead atoms. The van der Waals surface area contributed by atoms with E-state index in [-0.39, 0.29) is 24.8 Å². The summed E-state index contributed by atoms with van der Waals surface area (Å²) in [4.78, 5) is 70.8. The number of carbonyl (C=O) groups excluding carboxylic acids is 3. The van der Waals surface area contributed by atoms with Crippen LogP contribution in [0.15, 0.2) is 0 Å². The molecule has 0 aromatic carbocycles. The van der Waals surface area contributed by atoms with Gasteiger partial charge < -0.3 is 5.11 Å². The van der Waals surface area contributed by atoms with E-state index in [0.717, 1.165) is 43.0 Å². The zero-order chi connectivity index (χ0) is 31.9. The van der Waals surface area contributed by atoms with E-state index in [1.165, 1.54) is 10.6 Å². The average molecular weight is 716 g/mol. The molecule has 0 spiro atoms. The summed E-state index contributed by atoms with van der Waals surface area (Å²) in [6, 6.07) is -3.92. The third-order valence-corrected chi connectivity index (χ3v) is 16.7. The van der Waals surface area contributed by atoms with Crippen LogP contribution < -0.4 is 27.0 Å². The van der Waals surface area contributed by atoms with Crippen LogP contribution in [0.5, 0.6) is 0 Å². The second-order valence-electron chi connectivity index (χ2n) is 11.5. The second-order valence-corrected chi connectivity index (χ2v) is 18.6. The number of rotatable bonds is 19. The number of amides is 3. The number of carbonyl (C=O) groups is 6. The van der Waals surface area contributed by atoms with Crippen LogP contribution >= 0.6 is 0 Å². The van der Waals surface area contributed by atoms with E-state index in [0.29, 0.717) is 48.0 Å². The molecule has 43 heavy (non-hydrogen) atoms. The van der Waals surface area contributed by atoms with Gasteiger partial charge in [0.1, 0.15) is 0 Å². The maximum atomic E-state index is 13.6. The predicted molar refractivity (Wildman–Crippen MR) is 160 cm³/mol. The molecule has 3 amide bonds. The van der Waals surface area contributed by atoms with Crippen molar-refractivity contribution in [2.75, 3.05) is 13.1 Å². The summed E-state index contributed by atoms with van der Waals surface area (Å²) in [5, 5.41) is 38.4. The Balaban J connectivity index is 1.95. The molecule has 15 heteroatoms. The summed E-state index contributed by atoms with van der Waals surface area (Å²) in [7, 11) is 0. The number of nitrogens with two attached hydrogens (primary N) is 1. The number of carboxylic acids is 3. The Bertz CT molecular complexity index is 1050. The molecule has 1 saturated carbocycles. The third kappa shape index (κ3) is 12.9. The Labute approximate surface area is 258 Å². The molecule has 3 atom stereocenters. The Hall–Kier alpha value is -2.59. The van der Waals surface area contributed by atoms with Crippen LogP contribution in [0.3, 0.4) is 0 Å². The molecular formula is C28H47N5O9Sn. The number of carboxylic acid groups (broad SMARTS) is 3. The fourth-order valence-corrected chi connectivity index (χ4v) is 14.7. The summed E-state index contributed by atoms with van der Waals surface area (Å²) < 4.78 is 2.35. The van der Waals surface area contributed by atoms with E-state index in [1.807, 2.05) is 0 Å². The van der Waals surface area contributed by atoms with Crippen molar-refractivity contribution in [1.29, 1.82) is 0 Å². The molecule has 0 saturated heterocycles. The van der Waals surface area contributed by atoms with Crippen LogP contribution in [0.1, 0.15) is 84.0 Å². The number of aliphatic carboxylic acids is 3. The molecule has 14 nitrogen and oxygen atoms in total. The number of nitrogens with one attached hydrogen (secondary N) is 4. The summed E-state index contributed by atoms with van der Waals surface area (Å²) in [6.45, 7) is 2.73. The van der Waals surface area contributed by atoms with Crippen molar-refractivity contribution in [3.8, 4) is 0 Å². The van der Waals surface area contributed by atoms with Crippen LogP contribution in [0.2, 0.25) is 4.44 Å². The van der Waals surface area contributed by atoms with Gasteiger partial charge in [0.2, 0.25) is 0 Å². The van der Waals surface area contributed by atoms with E-state index in [1.54, 1.807) is 0 Å².